The summed E-state index contributed by atoms with van der Waals surface area (Å²) in [5.41, 5.74) is 1.13. The number of esters is 1. The van der Waals surface area contributed by atoms with Crippen molar-refractivity contribution in [3.8, 4) is 0 Å². The van der Waals surface area contributed by atoms with Gasteiger partial charge in [-0.3, -0.25) is 9.59 Å². The minimum Gasteiger partial charge on any atom is -0.469 e. The minimum atomic E-state index is -0.860. The molecule has 4 nitrogen and oxygen atoms in total. The lowest BCUT2D eigenvalue weighted by Crippen LogP contribution is -2.15. The van der Waals surface area contributed by atoms with E-state index in [0.29, 0.717) is 6.42 Å². The maximum atomic E-state index is 11.4. The maximum Gasteiger partial charge on any atom is 0.313 e. The molecule has 102 valence electrons. The Bertz CT molecular complexity index is 437. The summed E-state index contributed by atoms with van der Waals surface area (Å²) in [6, 6.07) is 9.80. The Kier molecular flexibility index (Phi) is 6.53. The van der Waals surface area contributed by atoms with Crippen LogP contribution in [0.2, 0.25) is 0 Å². The number of ketones is 1. The molecule has 1 atom stereocenters. The molecule has 4 heteroatoms. The van der Waals surface area contributed by atoms with Gasteiger partial charge >= 0.3 is 5.97 Å². The zero-order chi connectivity index (χ0) is 14.1. The number of aliphatic hydroxyl groups is 1. The fourth-order valence-corrected chi connectivity index (χ4v) is 1.58. The van der Waals surface area contributed by atoms with Gasteiger partial charge in [0, 0.05) is 6.42 Å². The average molecular weight is 262 g/mol. The van der Waals surface area contributed by atoms with Gasteiger partial charge in [-0.15, -0.1) is 0 Å². The first-order chi connectivity index (χ1) is 9.11. The normalized spacial score (nSPS) is 12.3. The van der Waals surface area contributed by atoms with E-state index >= 15 is 0 Å². The molecular weight excluding hydrogens is 244 g/mol. The first-order valence-electron chi connectivity index (χ1n) is 6.09. The third-order valence-corrected chi connectivity index (χ3v) is 2.56. The molecule has 0 radical (unpaired) electrons. The summed E-state index contributed by atoms with van der Waals surface area (Å²) in [6.07, 6.45) is 2.86. The SMILES string of the molecule is COC(=O)CC(=O)CC(O)/C=C/Cc1ccccc1. The van der Waals surface area contributed by atoms with E-state index in [1.807, 2.05) is 36.4 Å². The number of benzene rings is 1. The van der Waals surface area contributed by atoms with Crippen LogP contribution in [0.15, 0.2) is 42.5 Å². The number of hydrogen-bond acceptors (Lipinski definition) is 4. The Hall–Kier alpha value is -1.94. The largest absolute Gasteiger partial charge is 0.469 e. The van der Waals surface area contributed by atoms with Gasteiger partial charge in [0.1, 0.15) is 12.2 Å². The van der Waals surface area contributed by atoms with Crippen molar-refractivity contribution in [2.45, 2.75) is 25.4 Å². The molecule has 0 aliphatic carbocycles. The second-order valence-corrected chi connectivity index (χ2v) is 4.18. The number of methoxy groups -OCH3 is 1. The number of rotatable bonds is 7. The highest BCUT2D eigenvalue weighted by molar-refractivity contribution is 5.95. The van der Waals surface area contributed by atoms with Gasteiger partial charge in [-0.05, 0) is 12.0 Å². The van der Waals surface area contributed by atoms with E-state index in [2.05, 4.69) is 4.74 Å². The third-order valence-electron chi connectivity index (χ3n) is 2.56. The van der Waals surface area contributed by atoms with Crippen molar-refractivity contribution < 1.29 is 19.4 Å². The molecule has 1 unspecified atom stereocenters. The van der Waals surface area contributed by atoms with Crippen molar-refractivity contribution in [3.05, 3.63) is 48.0 Å². The number of aliphatic hydroxyl groups excluding tert-OH is 1. The molecule has 1 aromatic rings. The van der Waals surface area contributed by atoms with E-state index in [9.17, 15) is 14.7 Å². The van der Waals surface area contributed by atoms with Crippen LogP contribution in [0.25, 0.3) is 0 Å². The van der Waals surface area contributed by atoms with E-state index in [1.165, 1.54) is 7.11 Å². The van der Waals surface area contributed by atoms with E-state index in [0.717, 1.165) is 5.56 Å². The Morgan fingerprint density at radius 2 is 2.00 bits per heavy atom. The molecule has 0 aromatic heterocycles. The van der Waals surface area contributed by atoms with Gasteiger partial charge in [0.25, 0.3) is 0 Å². The summed E-state index contributed by atoms with van der Waals surface area (Å²) in [4.78, 5) is 22.2. The summed E-state index contributed by atoms with van der Waals surface area (Å²) < 4.78 is 4.38. The van der Waals surface area contributed by atoms with Gasteiger partial charge in [-0.1, -0.05) is 42.5 Å². The highest BCUT2D eigenvalue weighted by Gasteiger charge is 2.12. The van der Waals surface area contributed by atoms with E-state index in [1.54, 1.807) is 6.08 Å². The van der Waals surface area contributed by atoms with E-state index < -0.39 is 12.1 Å². The Morgan fingerprint density at radius 3 is 2.63 bits per heavy atom. The van der Waals surface area contributed by atoms with Crippen molar-refractivity contribution in [3.63, 3.8) is 0 Å². The Morgan fingerprint density at radius 1 is 1.32 bits per heavy atom. The van der Waals surface area contributed by atoms with Crippen molar-refractivity contribution in [2.75, 3.05) is 7.11 Å². The van der Waals surface area contributed by atoms with Crippen LogP contribution in [0.4, 0.5) is 0 Å². The third kappa shape index (κ3) is 6.52. The lowest BCUT2D eigenvalue weighted by atomic mass is 10.1. The molecule has 0 aliphatic rings. The average Bonchev–Trinajstić information content (AvgIpc) is 2.39. The van der Waals surface area contributed by atoms with Crippen LogP contribution in [-0.4, -0.2) is 30.1 Å². The van der Waals surface area contributed by atoms with Crippen LogP contribution in [0, 0.1) is 0 Å². The van der Waals surface area contributed by atoms with Crippen molar-refractivity contribution in [1.29, 1.82) is 0 Å². The Labute approximate surface area is 112 Å². The molecule has 1 rings (SSSR count). The fourth-order valence-electron chi connectivity index (χ4n) is 1.58. The second-order valence-electron chi connectivity index (χ2n) is 4.18. The molecule has 0 aliphatic heterocycles. The molecule has 0 heterocycles. The molecule has 0 fully saturated rings. The van der Waals surface area contributed by atoms with Gasteiger partial charge in [0.15, 0.2) is 0 Å². The maximum absolute atomic E-state index is 11.4. The van der Waals surface area contributed by atoms with Crippen LogP contribution in [0.1, 0.15) is 18.4 Å². The van der Waals surface area contributed by atoms with Crippen molar-refractivity contribution >= 4 is 11.8 Å². The van der Waals surface area contributed by atoms with Gasteiger partial charge in [-0.25, -0.2) is 0 Å². The topological polar surface area (TPSA) is 63.6 Å². The van der Waals surface area contributed by atoms with Gasteiger partial charge in [0.2, 0.25) is 0 Å². The van der Waals surface area contributed by atoms with E-state index in [-0.39, 0.29) is 18.6 Å². The van der Waals surface area contributed by atoms with Gasteiger partial charge in [0.05, 0.1) is 13.2 Å². The number of Topliss-reactive ketones (excluding diaryl/α,β-unsaturated/α-hetero) is 1. The summed E-state index contributed by atoms with van der Waals surface area (Å²) in [6.45, 7) is 0. The summed E-state index contributed by atoms with van der Waals surface area (Å²) in [5, 5.41) is 9.62. The predicted molar refractivity (Wildman–Crippen MR) is 71.5 cm³/mol. The number of ether oxygens (including phenoxy) is 1. The monoisotopic (exact) mass is 262 g/mol. The first-order valence-corrected chi connectivity index (χ1v) is 6.09. The molecule has 0 amide bonds. The van der Waals surface area contributed by atoms with Crippen LogP contribution < -0.4 is 0 Å². The second kappa shape index (κ2) is 8.21. The molecule has 0 spiro atoms. The molecule has 19 heavy (non-hydrogen) atoms. The summed E-state index contributed by atoms with van der Waals surface area (Å²) in [5.74, 6) is -0.908. The van der Waals surface area contributed by atoms with Crippen LogP contribution in [-0.2, 0) is 20.7 Å². The number of carbonyl (C=O) groups is 2. The quantitative estimate of drug-likeness (QED) is 0.461. The van der Waals surface area contributed by atoms with Crippen LogP contribution >= 0.6 is 0 Å². The smallest absolute Gasteiger partial charge is 0.313 e. The summed E-state index contributed by atoms with van der Waals surface area (Å²) >= 11 is 0. The standard InChI is InChI=1S/C15H18O4/c1-19-15(18)11-14(17)10-13(16)9-5-8-12-6-3-2-4-7-12/h2-7,9,13,16H,8,10-11H2,1H3/b9-5+. The van der Waals surface area contributed by atoms with Crippen LogP contribution in [0.5, 0.6) is 0 Å². The minimum absolute atomic E-state index is 0.0691. The number of allylic oxidation sites excluding steroid dienone is 1. The van der Waals surface area contributed by atoms with E-state index in [4.69, 9.17) is 0 Å². The summed E-state index contributed by atoms with van der Waals surface area (Å²) in [7, 11) is 1.23. The lowest BCUT2D eigenvalue weighted by molar-refractivity contribution is -0.143. The molecule has 0 bridgehead atoms. The van der Waals surface area contributed by atoms with Crippen molar-refractivity contribution in [2.24, 2.45) is 0 Å². The number of hydrogen-bond donors (Lipinski definition) is 1. The zero-order valence-corrected chi connectivity index (χ0v) is 10.9. The molecular formula is C15H18O4. The predicted octanol–water partition coefficient (Wildman–Crippen LogP) is 1.67. The number of carbonyl (C=O) groups excluding carboxylic acids is 2. The lowest BCUT2D eigenvalue weighted by Gasteiger charge is -2.04. The first kappa shape index (κ1) is 15.1. The Balaban J connectivity index is 2.32. The van der Waals surface area contributed by atoms with Gasteiger partial charge in [-0.2, -0.15) is 0 Å². The van der Waals surface area contributed by atoms with Gasteiger partial charge < -0.3 is 9.84 Å². The molecule has 0 saturated heterocycles. The molecule has 1 aromatic carbocycles. The highest BCUT2D eigenvalue weighted by atomic mass is 16.5. The fraction of sp³-hybridized carbons (Fsp3) is 0.333. The zero-order valence-electron chi connectivity index (χ0n) is 10.9. The molecule has 1 N–H and O–H groups in total. The van der Waals surface area contributed by atoms with Crippen LogP contribution in [0.3, 0.4) is 0 Å². The van der Waals surface area contributed by atoms with Crippen molar-refractivity contribution in [1.82, 2.24) is 0 Å². The molecule has 0 saturated carbocycles. The highest BCUT2D eigenvalue weighted by Crippen LogP contribution is 2.03.